The third-order valence-electron chi connectivity index (χ3n) is 3.92. The van der Waals surface area contributed by atoms with Crippen LogP contribution in [0.2, 0.25) is 0 Å². The van der Waals surface area contributed by atoms with Gasteiger partial charge in [-0.05, 0) is 29.4 Å². The summed E-state index contributed by atoms with van der Waals surface area (Å²) in [6.45, 7) is 2.84. The molecule has 0 aliphatic carbocycles. The number of aromatic nitrogens is 1. The molecule has 1 fully saturated rings. The molecule has 1 aliphatic heterocycles. The first kappa shape index (κ1) is 15.2. The Balaban J connectivity index is 1.53. The number of aromatic hydroxyl groups is 1. The molecule has 1 saturated heterocycles. The summed E-state index contributed by atoms with van der Waals surface area (Å²) in [6.07, 6.45) is 0.190. The van der Waals surface area contributed by atoms with Crippen LogP contribution in [0.25, 0.3) is 0 Å². The Bertz CT molecular complexity index is 660. The molecule has 0 saturated carbocycles. The Kier molecular flexibility index (Phi) is 4.36. The van der Waals surface area contributed by atoms with Crippen LogP contribution in [0.1, 0.15) is 5.76 Å². The average Bonchev–Trinajstić information content (AvgIpc) is 3.03. The molecule has 1 aromatic heterocycles. The van der Waals surface area contributed by atoms with Gasteiger partial charge in [-0.3, -0.25) is 4.79 Å². The van der Waals surface area contributed by atoms with E-state index in [1.54, 1.807) is 18.2 Å². The summed E-state index contributed by atoms with van der Waals surface area (Å²) in [6, 6.07) is 8.74. The molecule has 1 aromatic carbocycles. The number of carbonyl (C=O) groups is 1. The minimum atomic E-state index is 0.0224. The maximum Gasteiger partial charge on any atom is 0.254 e. The van der Waals surface area contributed by atoms with E-state index in [-0.39, 0.29) is 18.1 Å². The first-order chi connectivity index (χ1) is 11.2. The highest BCUT2D eigenvalue weighted by Gasteiger charge is 2.22. The van der Waals surface area contributed by atoms with Gasteiger partial charge >= 0.3 is 0 Å². The van der Waals surface area contributed by atoms with Crippen LogP contribution in [0.3, 0.4) is 0 Å². The zero-order chi connectivity index (χ0) is 16.2. The summed E-state index contributed by atoms with van der Waals surface area (Å²) >= 11 is 0. The molecule has 0 radical (unpaired) electrons. The van der Waals surface area contributed by atoms with Crippen molar-refractivity contribution >= 4 is 11.6 Å². The number of amides is 1. The van der Waals surface area contributed by atoms with Crippen LogP contribution in [0.15, 0.2) is 34.9 Å². The zero-order valence-corrected chi connectivity index (χ0v) is 12.9. The molecule has 1 aliphatic rings. The van der Waals surface area contributed by atoms with Crippen molar-refractivity contribution in [3.8, 4) is 11.6 Å². The Morgan fingerprint density at radius 2 is 1.96 bits per heavy atom. The van der Waals surface area contributed by atoms with Gasteiger partial charge in [0.25, 0.3) is 5.88 Å². The lowest BCUT2D eigenvalue weighted by atomic mass is 10.2. The molecule has 2 aromatic rings. The molecular formula is C16H19N3O4. The van der Waals surface area contributed by atoms with Crippen molar-refractivity contribution in [2.45, 2.75) is 6.42 Å². The van der Waals surface area contributed by atoms with Crippen molar-refractivity contribution in [3.63, 3.8) is 0 Å². The molecule has 0 spiro atoms. The topological polar surface area (TPSA) is 79.0 Å². The maximum absolute atomic E-state index is 12.3. The molecule has 1 amide bonds. The van der Waals surface area contributed by atoms with Crippen LogP contribution in [-0.2, 0) is 11.2 Å². The van der Waals surface area contributed by atoms with Gasteiger partial charge in [-0.25, -0.2) is 0 Å². The number of hydrogen-bond donors (Lipinski definition) is 1. The van der Waals surface area contributed by atoms with Crippen molar-refractivity contribution in [2.75, 3.05) is 38.2 Å². The van der Waals surface area contributed by atoms with E-state index in [1.807, 2.05) is 17.0 Å². The molecule has 3 rings (SSSR count). The van der Waals surface area contributed by atoms with E-state index in [1.165, 1.54) is 7.11 Å². The lowest BCUT2D eigenvalue weighted by molar-refractivity contribution is -0.131. The van der Waals surface area contributed by atoms with Crippen LogP contribution in [0, 0.1) is 0 Å². The fourth-order valence-electron chi connectivity index (χ4n) is 2.61. The van der Waals surface area contributed by atoms with Gasteiger partial charge in [0.05, 0.1) is 13.5 Å². The molecule has 122 valence electrons. The number of phenols is 1. The highest BCUT2D eigenvalue weighted by molar-refractivity contribution is 5.78. The molecule has 23 heavy (non-hydrogen) atoms. The third-order valence-corrected chi connectivity index (χ3v) is 3.92. The zero-order valence-electron chi connectivity index (χ0n) is 12.9. The van der Waals surface area contributed by atoms with Gasteiger partial charge in [0.1, 0.15) is 11.5 Å². The molecule has 0 unspecified atom stereocenters. The van der Waals surface area contributed by atoms with Gasteiger partial charge in [-0.15, -0.1) is 0 Å². The molecule has 0 atom stereocenters. The van der Waals surface area contributed by atoms with Crippen molar-refractivity contribution < 1.29 is 19.2 Å². The molecule has 1 N–H and O–H groups in total. The normalized spacial score (nSPS) is 14.8. The second-order valence-corrected chi connectivity index (χ2v) is 5.40. The molecule has 7 nitrogen and oxygen atoms in total. The number of ether oxygens (including phenoxy) is 1. The van der Waals surface area contributed by atoms with E-state index in [4.69, 9.17) is 9.26 Å². The predicted molar refractivity (Wildman–Crippen MR) is 83.7 cm³/mol. The van der Waals surface area contributed by atoms with Crippen LogP contribution in [-0.4, -0.2) is 54.4 Å². The van der Waals surface area contributed by atoms with Crippen LogP contribution < -0.4 is 9.64 Å². The quantitative estimate of drug-likeness (QED) is 0.915. The number of piperazine rings is 1. The van der Waals surface area contributed by atoms with Crippen LogP contribution >= 0.6 is 0 Å². The largest absolute Gasteiger partial charge is 0.508 e. The third kappa shape index (κ3) is 3.56. The van der Waals surface area contributed by atoms with Crippen molar-refractivity contribution in [1.29, 1.82) is 0 Å². The molecule has 2 heterocycles. The Hall–Kier alpha value is -2.70. The van der Waals surface area contributed by atoms with Crippen molar-refractivity contribution in [2.24, 2.45) is 0 Å². The van der Waals surface area contributed by atoms with Crippen molar-refractivity contribution in [1.82, 2.24) is 10.1 Å². The van der Waals surface area contributed by atoms with E-state index in [0.717, 1.165) is 18.8 Å². The van der Waals surface area contributed by atoms with E-state index < -0.39 is 0 Å². The summed E-state index contributed by atoms with van der Waals surface area (Å²) in [5, 5.41) is 13.0. The number of anilines is 1. The Morgan fingerprint density at radius 1 is 1.26 bits per heavy atom. The predicted octanol–water partition coefficient (Wildman–Crippen LogP) is 1.28. The SMILES string of the molecule is COc1cc(CC(=O)N2CCN(c3ccc(O)cc3)CC2)on1. The molecule has 0 bridgehead atoms. The number of hydrogen-bond acceptors (Lipinski definition) is 6. The summed E-state index contributed by atoms with van der Waals surface area (Å²) in [7, 11) is 1.51. The Labute approximate surface area is 134 Å². The number of methoxy groups -OCH3 is 1. The highest BCUT2D eigenvalue weighted by Crippen LogP contribution is 2.20. The van der Waals surface area contributed by atoms with Gasteiger partial charge in [-0.2, -0.15) is 0 Å². The van der Waals surface area contributed by atoms with E-state index in [0.29, 0.717) is 24.7 Å². The number of benzene rings is 1. The summed E-state index contributed by atoms with van der Waals surface area (Å²) in [5.41, 5.74) is 1.05. The van der Waals surface area contributed by atoms with Gasteiger partial charge in [0, 0.05) is 37.9 Å². The second-order valence-electron chi connectivity index (χ2n) is 5.40. The first-order valence-corrected chi connectivity index (χ1v) is 7.47. The maximum atomic E-state index is 12.3. The van der Waals surface area contributed by atoms with Crippen LogP contribution in [0.5, 0.6) is 11.6 Å². The molecular weight excluding hydrogens is 298 g/mol. The van der Waals surface area contributed by atoms with Gasteiger partial charge in [0.2, 0.25) is 5.91 Å². The monoisotopic (exact) mass is 317 g/mol. The fourth-order valence-corrected chi connectivity index (χ4v) is 2.61. The minimum Gasteiger partial charge on any atom is -0.508 e. The number of carbonyl (C=O) groups excluding carboxylic acids is 1. The summed E-state index contributed by atoms with van der Waals surface area (Å²) < 4.78 is 10.0. The number of rotatable bonds is 4. The van der Waals surface area contributed by atoms with Gasteiger partial charge in [-0.1, -0.05) is 0 Å². The van der Waals surface area contributed by atoms with E-state index >= 15 is 0 Å². The standard InChI is InChI=1S/C16H19N3O4/c1-22-15-10-14(23-17-15)11-16(21)19-8-6-18(7-9-19)12-2-4-13(20)5-3-12/h2-5,10,20H,6-9,11H2,1H3. The number of nitrogens with zero attached hydrogens (tertiary/aromatic N) is 3. The van der Waals surface area contributed by atoms with E-state index in [2.05, 4.69) is 10.1 Å². The summed E-state index contributed by atoms with van der Waals surface area (Å²) in [5.74, 6) is 1.16. The van der Waals surface area contributed by atoms with Crippen molar-refractivity contribution in [3.05, 3.63) is 36.1 Å². The lowest BCUT2D eigenvalue weighted by Gasteiger charge is -2.36. The highest BCUT2D eigenvalue weighted by atomic mass is 16.5. The molecule has 7 heteroatoms. The second kappa shape index (κ2) is 6.60. The fraction of sp³-hybridized carbons (Fsp3) is 0.375. The average molecular weight is 317 g/mol. The van der Waals surface area contributed by atoms with Gasteiger partial charge in [0.15, 0.2) is 0 Å². The van der Waals surface area contributed by atoms with Gasteiger partial charge < -0.3 is 24.2 Å². The van der Waals surface area contributed by atoms with E-state index in [9.17, 15) is 9.90 Å². The van der Waals surface area contributed by atoms with Crippen LogP contribution in [0.4, 0.5) is 5.69 Å². The summed E-state index contributed by atoms with van der Waals surface area (Å²) in [4.78, 5) is 16.3. The smallest absolute Gasteiger partial charge is 0.254 e. The first-order valence-electron chi connectivity index (χ1n) is 7.47. The minimum absolute atomic E-state index is 0.0224. The number of phenolic OH excluding ortho intramolecular Hbond substituents is 1. The lowest BCUT2D eigenvalue weighted by Crippen LogP contribution is -2.49. The Morgan fingerprint density at radius 3 is 2.57 bits per heavy atom.